The van der Waals surface area contributed by atoms with E-state index in [-0.39, 0.29) is 29.3 Å². The lowest BCUT2D eigenvalue weighted by Gasteiger charge is -2.30. The summed E-state index contributed by atoms with van der Waals surface area (Å²) < 4.78 is 6.81. The number of methoxy groups -OCH3 is 1. The molecule has 192 valence electrons. The number of carbonyl (C=O) groups is 3. The molecule has 0 atom stereocenters. The van der Waals surface area contributed by atoms with Crippen molar-refractivity contribution >= 4 is 23.4 Å². The minimum Gasteiger partial charge on any atom is -0.497 e. The molecule has 2 aliphatic heterocycles. The molecule has 37 heavy (non-hydrogen) atoms. The number of piperidine rings is 1. The molecule has 3 heterocycles. The van der Waals surface area contributed by atoms with Gasteiger partial charge in [0.15, 0.2) is 5.69 Å². The summed E-state index contributed by atoms with van der Waals surface area (Å²) in [5.41, 5.74) is 2.52. The molecule has 9 nitrogen and oxygen atoms in total. The molecular formula is C28H31N5O4. The molecule has 1 aromatic heterocycles. The van der Waals surface area contributed by atoms with Gasteiger partial charge in [0.1, 0.15) is 11.4 Å². The molecule has 1 fully saturated rings. The van der Waals surface area contributed by atoms with Gasteiger partial charge in [-0.2, -0.15) is 5.10 Å². The van der Waals surface area contributed by atoms with Gasteiger partial charge in [-0.3, -0.25) is 19.1 Å². The average Bonchev–Trinajstić information content (AvgIpc) is 3.31. The maximum absolute atomic E-state index is 13.2. The highest BCUT2D eigenvalue weighted by Gasteiger charge is 2.31. The van der Waals surface area contributed by atoms with E-state index in [4.69, 9.17) is 4.74 Å². The maximum atomic E-state index is 13.2. The van der Waals surface area contributed by atoms with Crippen LogP contribution in [0, 0.1) is 5.92 Å². The van der Waals surface area contributed by atoms with Crippen LogP contribution in [-0.2, 0) is 17.9 Å². The molecule has 0 bridgehead atoms. The van der Waals surface area contributed by atoms with Crippen molar-refractivity contribution in [1.82, 2.24) is 19.6 Å². The third kappa shape index (κ3) is 5.50. The normalized spacial score (nSPS) is 16.2. The van der Waals surface area contributed by atoms with Crippen LogP contribution in [-0.4, -0.2) is 64.0 Å². The third-order valence-electron chi connectivity index (χ3n) is 7.03. The highest BCUT2D eigenvalue weighted by Crippen LogP contribution is 2.23. The number of rotatable bonds is 6. The molecule has 1 saturated heterocycles. The van der Waals surface area contributed by atoms with Gasteiger partial charge in [-0.25, -0.2) is 0 Å². The third-order valence-corrected chi connectivity index (χ3v) is 7.03. The monoisotopic (exact) mass is 501 g/mol. The molecule has 0 spiro atoms. The van der Waals surface area contributed by atoms with Gasteiger partial charge in [-0.15, -0.1) is 0 Å². The number of carbonyl (C=O) groups excluding carboxylic acids is 3. The number of aromatic nitrogens is 2. The first-order valence-electron chi connectivity index (χ1n) is 12.7. The average molecular weight is 502 g/mol. The lowest BCUT2D eigenvalue weighted by molar-refractivity contribution is -0.121. The van der Waals surface area contributed by atoms with Crippen LogP contribution >= 0.6 is 0 Å². The number of hydrogen-bond acceptors (Lipinski definition) is 5. The topological polar surface area (TPSA) is 96.8 Å². The first kappa shape index (κ1) is 24.5. The van der Waals surface area contributed by atoms with Gasteiger partial charge in [-0.05, 0) is 49.1 Å². The van der Waals surface area contributed by atoms with E-state index < -0.39 is 0 Å². The number of anilines is 1. The Kier molecular flexibility index (Phi) is 7.20. The molecule has 0 radical (unpaired) electrons. The molecule has 2 aromatic carbocycles. The van der Waals surface area contributed by atoms with E-state index in [2.05, 4.69) is 10.4 Å². The zero-order valence-corrected chi connectivity index (χ0v) is 20.9. The van der Waals surface area contributed by atoms with Gasteiger partial charge in [0.2, 0.25) is 5.91 Å². The largest absolute Gasteiger partial charge is 0.497 e. The predicted octanol–water partition coefficient (Wildman–Crippen LogP) is 3.43. The van der Waals surface area contributed by atoms with Crippen molar-refractivity contribution < 1.29 is 19.1 Å². The Morgan fingerprint density at radius 3 is 2.43 bits per heavy atom. The van der Waals surface area contributed by atoms with Gasteiger partial charge in [0.05, 0.1) is 7.11 Å². The summed E-state index contributed by atoms with van der Waals surface area (Å²) in [6.07, 6.45) is 1.92. The molecule has 9 heteroatoms. The molecule has 0 unspecified atom stereocenters. The number of fused-ring (bicyclic) bond motifs is 1. The molecule has 3 aromatic rings. The van der Waals surface area contributed by atoms with Gasteiger partial charge in [0, 0.05) is 50.4 Å². The van der Waals surface area contributed by atoms with Crippen LogP contribution in [0.4, 0.5) is 5.69 Å². The number of aryl methyl sites for hydroxylation is 1. The fraction of sp³-hybridized carbons (Fsp3) is 0.357. The maximum Gasteiger partial charge on any atom is 0.274 e. The van der Waals surface area contributed by atoms with Crippen molar-refractivity contribution in [2.45, 2.75) is 32.4 Å². The smallest absolute Gasteiger partial charge is 0.274 e. The summed E-state index contributed by atoms with van der Waals surface area (Å²) in [5, 5.41) is 7.44. The van der Waals surface area contributed by atoms with Gasteiger partial charge >= 0.3 is 0 Å². The minimum absolute atomic E-state index is 0.0462. The fourth-order valence-electron chi connectivity index (χ4n) is 4.92. The van der Waals surface area contributed by atoms with E-state index in [1.807, 2.05) is 35.2 Å². The first-order chi connectivity index (χ1) is 18.0. The second-order valence-electron chi connectivity index (χ2n) is 9.49. The Balaban J connectivity index is 1.19. The van der Waals surface area contributed by atoms with E-state index in [1.165, 1.54) is 0 Å². The number of nitrogens with zero attached hydrogens (tertiary/aromatic N) is 4. The van der Waals surface area contributed by atoms with Gasteiger partial charge in [0.25, 0.3) is 11.8 Å². The predicted molar refractivity (Wildman–Crippen MR) is 138 cm³/mol. The van der Waals surface area contributed by atoms with E-state index in [1.54, 1.807) is 47.0 Å². The lowest BCUT2D eigenvalue weighted by Crippen LogP contribution is -2.41. The lowest BCUT2D eigenvalue weighted by atomic mass is 9.95. The molecule has 0 saturated carbocycles. The number of likely N-dealkylation sites (tertiary alicyclic amines) is 1. The standard InChI is InChI=1S/C28H31N5O4/c1-37-23-10-8-22(9-11-23)29-26(34)21-12-16-31(17-13-21)27(35)24-18-25-28(36)32(14-5-15-33(25)30-24)19-20-6-3-2-4-7-20/h2-4,6-11,18,21H,5,12-17,19H2,1H3,(H,29,34). The first-order valence-corrected chi connectivity index (χ1v) is 12.7. The van der Waals surface area contributed by atoms with Crippen LogP contribution in [0.2, 0.25) is 0 Å². The van der Waals surface area contributed by atoms with Crippen LogP contribution < -0.4 is 10.1 Å². The summed E-state index contributed by atoms with van der Waals surface area (Å²) in [6, 6.07) is 18.7. The van der Waals surface area contributed by atoms with Crippen molar-refractivity contribution in [3.8, 4) is 5.75 Å². The number of amides is 3. The molecule has 1 N–H and O–H groups in total. The molecule has 2 aliphatic rings. The highest BCUT2D eigenvalue weighted by atomic mass is 16.5. The molecular weight excluding hydrogens is 470 g/mol. The van der Waals surface area contributed by atoms with E-state index in [0.717, 1.165) is 23.4 Å². The minimum atomic E-state index is -0.197. The highest BCUT2D eigenvalue weighted by molar-refractivity contribution is 5.98. The van der Waals surface area contributed by atoms with Crippen LogP contribution in [0.5, 0.6) is 5.75 Å². The molecule has 0 aliphatic carbocycles. The van der Waals surface area contributed by atoms with Crippen LogP contribution in [0.25, 0.3) is 0 Å². The Bertz CT molecular complexity index is 1260. The van der Waals surface area contributed by atoms with Crippen molar-refractivity contribution in [3.05, 3.63) is 77.6 Å². The van der Waals surface area contributed by atoms with Crippen LogP contribution in [0.1, 0.15) is 45.8 Å². The summed E-state index contributed by atoms with van der Waals surface area (Å²) >= 11 is 0. The second kappa shape index (κ2) is 10.9. The number of nitrogens with one attached hydrogen (secondary N) is 1. The zero-order chi connectivity index (χ0) is 25.8. The Morgan fingerprint density at radius 2 is 1.73 bits per heavy atom. The SMILES string of the molecule is COc1ccc(NC(=O)C2CCN(C(=O)c3cc4n(n3)CCCN(Cc3ccccc3)C4=O)CC2)cc1. The Morgan fingerprint density at radius 1 is 1.00 bits per heavy atom. The van der Waals surface area contributed by atoms with Crippen LogP contribution in [0.3, 0.4) is 0 Å². The number of benzene rings is 2. The molecule has 5 rings (SSSR count). The number of hydrogen-bond donors (Lipinski definition) is 1. The number of ether oxygens (including phenoxy) is 1. The van der Waals surface area contributed by atoms with Crippen molar-refractivity contribution in [1.29, 1.82) is 0 Å². The Hall–Kier alpha value is -4.14. The summed E-state index contributed by atoms with van der Waals surface area (Å²) in [6.45, 7) is 2.70. The second-order valence-corrected chi connectivity index (χ2v) is 9.49. The van der Waals surface area contributed by atoms with E-state index in [9.17, 15) is 14.4 Å². The quantitative estimate of drug-likeness (QED) is 0.558. The van der Waals surface area contributed by atoms with E-state index >= 15 is 0 Å². The van der Waals surface area contributed by atoms with Gasteiger partial charge in [-0.1, -0.05) is 30.3 Å². The summed E-state index contributed by atoms with van der Waals surface area (Å²) in [5.74, 6) is 0.207. The van der Waals surface area contributed by atoms with Crippen LogP contribution in [0.15, 0.2) is 60.7 Å². The zero-order valence-electron chi connectivity index (χ0n) is 20.9. The summed E-state index contributed by atoms with van der Waals surface area (Å²) in [7, 11) is 1.60. The Labute approximate surface area is 216 Å². The van der Waals surface area contributed by atoms with Crippen molar-refractivity contribution in [2.24, 2.45) is 5.92 Å². The van der Waals surface area contributed by atoms with E-state index in [0.29, 0.717) is 51.3 Å². The van der Waals surface area contributed by atoms with Crippen molar-refractivity contribution in [2.75, 3.05) is 32.1 Å². The molecule has 3 amide bonds. The fourth-order valence-corrected chi connectivity index (χ4v) is 4.92. The van der Waals surface area contributed by atoms with Gasteiger partial charge < -0.3 is 19.9 Å². The van der Waals surface area contributed by atoms with Crippen molar-refractivity contribution in [3.63, 3.8) is 0 Å². The summed E-state index contributed by atoms with van der Waals surface area (Å²) in [4.78, 5) is 42.7.